The summed E-state index contributed by atoms with van der Waals surface area (Å²) >= 11 is 0. The molecule has 0 saturated heterocycles. The maximum absolute atomic E-state index is 5.24. The Morgan fingerprint density at radius 3 is 2.12 bits per heavy atom. The van der Waals surface area contributed by atoms with Crippen molar-refractivity contribution in [1.82, 2.24) is 0 Å². The summed E-state index contributed by atoms with van der Waals surface area (Å²) in [5.41, 5.74) is 5.32. The molecule has 0 spiro atoms. The van der Waals surface area contributed by atoms with Gasteiger partial charge >= 0.3 is 26.2 Å². The van der Waals surface area contributed by atoms with Gasteiger partial charge in [-0.2, -0.15) is 12.1 Å². The molecule has 0 aliphatic rings. The first-order chi connectivity index (χ1) is 15.0. The molecular formula is C30H30Cl2OZr. The first-order valence-corrected chi connectivity index (χ1v) is 11.0. The van der Waals surface area contributed by atoms with Crippen LogP contribution in [0.5, 0.6) is 5.75 Å². The van der Waals surface area contributed by atoms with E-state index in [-0.39, 0.29) is 51.0 Å². The SMILES string of the molecule is COc1ccc(-c2cccc3[cH-]c(CC(C)C)cc23)cc1.Cc1cc2ccccc2[cH-]1.[Cl-].[Cl-].[Zr+4]. The van der Waals surface area contributed by atoms with Crippen LogP contribution in [0.1, 0.15) is 25.0 Å². The van der Waals surface area contributed by atoms with Gasteiger partial charge in [0.1, 0.15) is 5.75 Å². The van der Waals surface area contributed by atoms with Crippen LogP contribution in [0.3, 0.4) is 0 Å². The molecule has 0 atom stereocenters. The molecule has 0 radical (unpaired) electrons. The summed E-state index contributed by atoms with van der Waals surface area (Å²) in [4.78, 5) is 0. The van der Waals surface area contributed by atoms with E-state index in [1.165, 1.54) is 43.8 Å². The zero-order valence-corrected chi connectivity index (χ0v) is 24.1. The molecule has 4 heteroatoms. The zero-order valence-electron chi connectivity index (χ0n) is 20.1. The third-order valence-corrected chi connectivity index (χ3v) is 5.62. The van der Waals surface area contributed by atoms with E-state index in [0.29, 0.717) is 5.92 Å². The van der Waals surface area contributed by atoms with Gasteiger partial charge in [0.2, 0.25) is 0 Å². The summed E-state index contributed by atoms with van der Waals surface area (Å²) in [5, 5.41) is 5.37. The maximum atomic E-state index is 5.24. The third kappa shape index (κ3) is 7.32. The van der Waals surface area contributed by atoms with Gasteiger partial charge in [-0.25, -0.2) is 0 Å². The second-order valence-corrected chi connectivity index (χ2v) is 8.66. The molecule has 0 amide bonds. The Balaban J connectivity index is 0.000000379. The molecule has 0 unspecified atom stereocenters. The van der Waals surface area contributed by atoms with Gasteiger partial charge in [0.25, 0.3) is 0 Å². The zero-order chi connectivity index (χ0) is 21.8. The fourth-order valence-electron chi connectivity index (χ4n) is 4.21. The van der Waals surface area contributed by atoms with Gasteiger partial charge < -0.3 is 29.6 Å². The Kier molecular flexibility index (Phi) is 12.3. The van der Waals surface area contributed by atoms with Gasteiger partial charge in [0.05, 0.1) is 7.11 Å². The number of benzene rings is 3. The molecule has 1 nitrogen and oxygen atoms in total. The van der Waals surface area contributed by atoms with E-state index in [0.717, 1.165) is 12.2 Å². The van der Waals surface area contributed by atoms with E-state index in [9.17, 15) is 0 Å². The minimum Gasteiger partial charge on any atom is -1.00 e. The topological polar surface area (TPSA) is 9.23 Å². The Labute approximate surface area is 235 Å². The summed E-state index contributed by atoms with van der Waals surface area (Å²) in [6.07, 6.45) is 1.14. The van der Waals surface area contributed by atoms with Crippen molar-refractivity contribution in [3.63, 3.8) is 0 Å². The number of hydrogen-bond donors (Lipinski definition) is 0. The van der Waals surface area contributed by atoms with Gasteiger partial charge in [-0.3, -0.25) is 0 Å². The van der Waals surface area contributed by atoms with Gasteiger partial charge in [-0.05, 0) is 30.0 Å². The number of methoxy groups -OCH3 is 1. The van der Waals surface area contributed by atoms with Crippen LogP contribution in [0.2, 0.25) is 0 Å². The normalized spacial score (nSPS) is 10.0. The van der Waals surface area contributed by atoms with Crippen molar-refractivity contribution in [3.05, 3.63) is 102 Å². The van der Waals surface area contributed by atoms with Crippen molar-refractivity contribution in [3.8, 4) is 16.9 Å². The molecule has 0 fully saturated rings. The minimum absolute atomic E-state index is 0. The van der Waals surface area contributed by atoms with Crippen LogP contribution in [0.25, 0.3) is 32.7 Å². The Hall–Kier alpha value is -1.86. The standard InChI is InChI=1S/C20H21O.C10H9.2ClH.Zr/c1-14(2)11-15-12-17-5-4-6-19(20(17)13-15)16-7-9-18(21-3)10-8-16;1-8-6-9-4-2-3-5-10(9)7-8;;;/h4-10,12-14H,11H2,1-3H3;2-7H,1H3;2*1H;/q2*-1;;;+4/p-2. The molecular weight excluding hydrogens is 538 g/mol. The van der Waals surface area contributed by atoms with Gasteiger partial charge in [0.15, 0.2) is 0 Å². The van der Waals surface area contributed by atoms with Crippen LogP contribution in [0.4, 0.5) is 0 Å². The smallest absolute Gasteiger partial charge is 1.00 e. The number of hydrogen-bond acceptors (Lipinski definition) is 1. The van der Waals surface area contributed by atoms with E-state index in [4.69, 9.17) is 4.74 Å². The number of rotatable bonds is 4. The summed E-state index contributed by atoms with van der Waals surface area (Å²) in [6.45, 7) is 6.66. The van der Waals surface area contributed by atoms with Crippen molar-refractivity contribution in [2.75, 3.05) is 7.11 Å². The van der Waals surface area contributed by atoms with E-state index < -0.39 is 0 Å². The quantitative estimate of drug-likeness (QED) is 0.303. The van der Waals surface area contributed by atoms with Gasteiger partial charge in [-0.1, -0.05) is 50.6 Å². The molecule has 0 aliphatic carbocycles. The number of halogens is 2. The van der Waals surface area contributed by atoms with Crippen LogP contribution in [0, 0.1) is 12.8 Å². The van der Waals surface area contributed by atoms with Gasteiger partial charge in [0, 0.05) is 0 Å². The first kappa shape index (κ1) is 30.2. The van der Waals surface area contributed by atoms with Crippen LogP contribution in [0.15, 0.2) is 91.0 Å². The first-order valence-electron chi connectivity index (χ1n) is 11.0. The second kappa shape index (κ2) is 13.9. The Bertz CT molecular complexity index is 1250. The molecule has 34 heavy (non-hydrogen) atoms. The van der Waals surface area contributed by atoms with Crippen molar-refractivity contribution >= 4 is 21.5 Å². The van der Waals surface area contributed by atoms with Crippen molar-refractivity contribution in [1.29, 1.82) is 0 Å². The van der Waals surface area contributed by atoms with Crippen LogP contribution in [-0.2, 0) is 32.6 Å². The molecule has 5 rings (SSSR count). The summed E-state index contributed by atoms with van der Waals surface area (Å²) in [5.74, 6) is 1.58. The summed E-state index contributed by atoms with van der Waals surface area (Å²) in [7, 11) is 1.70. The Morgan fingerprint density at radius 1 is 0.794 bits per heavy atom. The molecule has 174 valence electrons. The predicted molar refractivity (Wildman–Crippen MR) is 134 cm³/mol. The van der Waals surface area contributed by atoms with Crippen LogP contribution in [-0.4, -0.2) is 7.11 Å². The summed E-state index contributed by atoms with van der Waals surface area (Å²) < 4.78 is 5.24. The minimum atomic E-state index is 0. The number of aryl methyl sites for hydroxylation is 1. The second-order valence-electron chi connectivity index (χ2n) is 8.66. The van der Waals surface area contributed by atoms with Crippen LogP contribution >= 0.6 is 0 Å². The fraction of sp³-hybridized carbons (Fsp3) is 0.200. The van der Waals surface area contributed by atoms with Crippen molar-refractivity contribution < 1.29 is 55.8 Å². The van der Waals surface area contributed by atoms with Gasteiger partial charge in [-0.15, -0.1) is 75.1 Å². The predicted octanol–water partition coefficient (Wildman–Crippen LogP) is 2.31. The number of ether oxygens (including phenoxy) is 1. The van der Waals surface area contributed by atoms with Crippen LogP contribution < -0.4 is 29.6 Å². The van der Waals surface area contributed by atoms with Crippen molar-refractivity contribution in [2.45, 2.75) is 27.2 Å². The molecule has 0 aromatic heterocycles. The molecule has 0 saturated carbocycles. The maximum Gasteiger partial charge on any atom is 4.00 e. The van der Waals surface area contributed by atoms with E-state index in [1.807, 2.05) is 12.1 Å². The number of fused-ring (bicyclic) bond motifs is 2. The monoisotopic (exact) mass is 566 g/mol. The molecule has 0 bridgehead atoms. The van der Waals surface area contributed by atoms with E-state index in [2.05, 4.69) is 99.6 Å². The summed E-state index contributed by atoms with van der Waals surface area (Å²) in [6, 6.07) is 32.3. The molecule has 0 heterocycles. The molecule has 0 aliphatic heterocycles. The largest absolute Gasteiger partial charge is 4.00 e. The Morgan fingerprint density at radius 2 is 1.47 bits per heavy atom. The molecule has 0 N–H and O–H groups in total. The van der Waals surface area contributed by atoms with E-state index in [1.54, 1.807) is 7.11 Å². The molecule has 5 aromatic carbocycles. The third-order valence-electron chi connectivity index (χ3n) is 5.62. The molecule has 5 aromatic rings. The fourth-order valence-corrected chi connectivity index (χ4v) is 4.21. The van der Waals surface area contributed by atoms with Crippen molar-refractivity contribution in [2.24, 2.45) is 5.92 Å². The average Bonchev–Trinajstić information content (AvgIpc) is 3.35. The van der Waals surface area contributed by atoms with E-state index >= 15 is 0 Å². The average molecular weight is 569 g/mol.